The maximum atomic E-state index is 14.4. The van der Waals surface area contributed by atoms with E-state index in [1.54, 1.807) is 42.6 Å². The number of amides is 2. The first-order valence-corrected chi connectivity index (χ1v) is 14.0. The zero-order valence-corrected chi connectivity index (χ0v) is 23.4. The van der Waals surface area contributed by atoms with Gasteiger partial charge in [0, 0.05) is 30.6 Å². The van der Waals surface area contributed by atoms with E-state index in [9.17, 15) is 23.3 Å². The predicted octanol–water partition coefficient (Wildman–Crippen LogP) is 3.05. The summed E-state index contributed by atoms with van der Waals surface area (Å²) in [6.07, 6.45) is 5.00. The lowest BCUT2D eigenvalue weighted by atomic mass is 9.85. The summed E-state index contributed by atoms with van der Waals surface area (Å²) >= 11 is 0. The summed E-state index contributed by atoms with van der Waals surface area (Å²) in [5.74, 6) is -1.06. The maximum Gasteiger partial charge on any atom is 0.261 e. The van der Waals surface area contributed by atoms with Crippen LogP contribution >= 0.6 is 0 Å². The molecule has 1 N–H and O–H groups in total. The number of sulfonamides is 1. The second kappa shape index (κ2) is 11.7. The Balaban J connectivity index is 2.31. The van der Waals surface area contributed by atoms with Crippen molar-refractivity contribution in [2.45, 2.75) is 51.1 Å². The van der Waals surface area contributed by atoms with E-state index in [1.165, 1.54) is 30.3 Å². The fourth-order valence-corrected chi connectivity index (χ4v) is 4.84. The van der Waals surface area contributed by atoms with Gasteiger partial charge >= 0.3 is 0 Å². The first-order chi connectivity index (χ1) is 18.3. The van der Waals surface area contributed by atoms with Crippen LogP contribution in [0.25, 0.3) is 0 Å². The lowest BCUT2D eigenvalue weighted by Gasteiger charge is -2.41. The number of anilines is 1. The van der Waals surface area contributed by atoms with Gasteiger partial charge in [-0.1, -0.05) is 32.9 Å². The van der Waals surface area contributed by atoms with E-state index in [-0.39, 0.29) is 36.2 Å². The molecule has 2 heterocycles. The number of methoxy groups -OCH3 is 1. The molecule has 1 unspecified atom stereocenters. The number of rotatable bonds is 10. The minimum Gasteiger partial charge on any atom is -0.496 e. The Morgan fingerprint density at radius 1 is 1.15 bits per heavy atom. The zero-order chi connectivity index (χ0) is 28.8. The van der Waals surface area contributed by atoms with Crippen LogP contribution in [0.15, 0.2) is 61.1 Å². The number of benzene rings is 1. The number of carbonyl (C=O) groups is 2. The highest BCUT2D eigenvalue weighted by atomic mass is 32.2. The molecule has 0 aliphatic heterocycles. The van der Waals surface area contributed by atoms with E-state index in [0.29, 0.717) is 5.75 Å². The van der Waals surface area contributed by atoms with Crippen molar-refractivity contribution in [3.63, 3.8) is 0 Å². The Labute approximate surface area is 228 Å². The molecule has 1 aromatic carbocycles. The molecular formula is C27H32N6O5S. The summed E-state index contributed by atoms with van der Waals surface area (Å²) in [4.78, 5) is 33.7. The maximum absolute atomic E-state index is 14.4. The van der Waals surface area contributed by atoms with Gasteiger partial charge in [-0.15, -0.1) is 0 Å². The zero-order valence-electron chi connectivity index (χ0n) is 22.6. The van der Waals surface area contributed by atoms with Gasteiger partial charge in [-0.25, -0.2) is 13.4 Å². The topological polar surface area (TPSA) is 147 Å². The van der Waals surface area contributed by atoms with E-state index in [0.717, 1.165) is 16.7 Å². The molecule has 2 aromatic heterocycles. The van der Waals surface area contributed by atoms with Crippen molar-refractivity contribution in [1.29, 1.82) is 5.26 Å². The Morgan fingerprint density at radius 3 is 2.44 bits per heavy atom. The van der Waals surface area contributed by atoms with Gasteiger partial charge in [0.15, 0.2) is 0 Å². The minimum atomic E-state index is -4.04. The number of pyridine rings is 1. The Hall–Kier alpha value is -4.24. The quantitative estimate of drug-likeness (QED) is 0.404. The van der Waals surface area contributed by atoms with Gasteiger partial charge in [-0.3, -0.25) is 23.9 Å². The van der Waals surface area contributed by atoms with Gasteiger partial charge < -0.3 is 4.74 Å². The highest BCUT2D eigenvalue weighted by Gasteiger charge is 2.49. The van der Waals surface area contributed by atoms with Crippen LogP contribution in [0.1, 0.15) is 49.5 Å². The molecule has 0 saturated heterocycles. The van der Waals surface area contributed by atoms with Crippen molar-refractivity contribution in [3.05, 3.63) is 72.2 Å². The normalized spacial score (nSPS) is 13.1. The second-order valence-electron chi connectivity index (χ2n) is 10.1. The molecule has 3 rings (SSSR count). The van der Waals surface area contributed by atoms with Gasteiger partial charge in [0.25, 0.3) is 11.8 Å². The number of aromatic nitrogens is 3. The summed E-state index contributed by atoms with van der Waals surface area (Å²) in [6.45, 7) is 5.79. The summed E-state index contributed by atoms with van der Waals surface area (Å²) in [5.41, 5.74) is -1.14. The van der Waals surface area contributed by atoms with E-state index in [2.05, 4.69) is 10.1 Å². The number of carbonyl (C=O) groups excluding carboxylic acids is 2. The van der Waals surface area contributed by atoms with Crippen LogP contribution in [0, 0.1) is 11.3 Å². The molecule has 0 fully saturated rings. The lowest BCUT2D eigenvalue weighted by Crippen LogP contribution is -2.64. The van der Waals surface area contributed by atoms with Gasteiger partial charge in [-0.05, 0) is 47.7 Å². The highest BCUT2D eigenvalue weighted by Crippen LogP contribution is 2.35. The molecule has 0 bridgehead atoms. The third-order valence-corrected chi connectivity index (χ3v) is 6.66. The number of hydrogen-bond acceptors (Lipinski definition) is 8. The number of nitriles is 1. The van der Waals surface area contributed by atoms with Gasteiger partial charge in [0.05, 0.1) is 26.0 Å². The first kappa shape index (κ1) is 29.3. The van der Waals surface area contributed by atoms with Crippen LogP contribution in [0.5, 0.6) is 5.75 Å². The van der Waals surface area contributed by atoms with E-state index >= 15 is 0 Å². The monoisotopic (exact) mass is 552 g/mol. The van der Waals surface area contributed by atoms with Crippen LogP contribution in [-0.4, -0.2) is 53.9 Å². The molecule has 3 aromatic rings. The van der Waals surface area contributed by atoms with Crippen LogP contribution in [-0.2, 0) is 26.8 Å². The summed E-state index contributed by atoms with van der Waals surface area (Å²) in [7, 11) is -2.54. The third-order valence-electron chi connectivity index (χ3n) is 6.10. The number of nitrogens with one attached hydrogen (secondary N) is 1. The SMILES string of the molecule is COc1cc(C(=O)N(c2ccccn2)C(CCC#N)(Cn2cccn2)C(=O)NS(C)(=O)=O)ccc1C(C)(C)C. The van der Waals surface area contributed by atoms with E-state index < -0.39 is 27.4 Å². The van der Waals surface area contributed by atoms with Crippen LogP contribution in [0.2, 0.25) is 0 Å². The average molecular weight is 553 g/mol. The van der Waals surface area contributed by atoms with Crippen molar-refractivity contribution in [3.8, 4) is 11.8 Å². The fourth-order valence-electron chi connectivity index (χ4n) is 4.31. The molecule has 2 amide bonds. The fraction of sp³-hybridized carbons (Fsp3) is 0.370. The first-order valence-electron chi connectivity index (χ1n) is 12.1. The molecule has 12 heteroatoms. The Morgan fingerprint density at radius 2 is 1.90 bits per heavy atom. The lowest BCUT2D eigenvalue weighted by molar-refractivity contribution is -0.125. The second-order valence-corrected chi connectivity index (χ2v) is 11.8. The average Bonchev–Trinajstić information content (AvgIpc) is 3.38. The molecule has 0 aliphatic rings. The van der Waals surface area contributed by atoms with Gasteiger partial charge in [0.2, 0.25) is 10.0 Å². The van der Waals surface area contributed by atoms with Crippen LogP contribution in [0.3, 0.4) is 0 Å². The molecule has 206 valence electrons. The molecule has 0 spiro atoms. The van der Waals surface area contributed by atoms with Crippen molar-refractivity contribution < 1.29 is 22.7 Å². The summed E-state index contributed by atoms with van der Waals surface area (Å²) < 4.78 is 33.5. The largest absolute Gasteiger partial charge is 0.496 e. The van der Waals surface area contributed by atoms with Crippen molar-refractivity contribution in [2.24, 2.45) is 0 Å². The van der Waals surface area contributed by atoms with E-state index in [4.69, 9.17) is 4.74 Å². The van der Waals surface area contributed by atoms with Gasteiger partial charge in [-0.2, -0.15) is 10.4 Å². The summed E-state index contributed by atoms with van der Waals surface area (Å²) in [6, 6.07) is 13.5. The predicted molar refractivity (Wildman–Crippen MR) is 146 cm³/mol. The Bertz CT molecular complexity index is 1460. The molecule has 0 saturated carbocycles. The van der Waals surface area contributed by atoms with Crippen molar-refractivity contribution >= 4 is 27.7 Å². The molecule has 39 heavy (non-hydrogen) atoms. The molecule has 0 aliphatic carbocycles. The number of ether oxygens (including phenoxy) is 1. The molecule has 0 radical (unpaired) electrons. The Kier molecular flexibility index (Phi) is 8.76. The smallest absolute Gasteiger partial charge is 0.261 e. The molecule has 11 nitrogen and oxygen atoms in total. The minimum absolute atomic E-state index is 0.0927. The molecular weight excluding hydrogens is 520 g/mol. The van der Waals surface area contributed by atoms with E-state index in [1.807, 2.05) is 31.6 Å². The number of hydrogen-bond donors (Lipinski definition) is 1. The van der Waals surface area contributed by atoms with Crippen LogP contribution in [0.4, 0.5) is 5.82 Å². The van der Waals surface area contributed by atoms with Crippen LogP contribution < -0.4 is 14.4 Å². The summed E-state index contributed by atoms with van der Waals surface area (Å²) in [5, 5.41) is 13.7. The van der Waals surface area contributed by atoms with Gasteiger partial charge in [0.1, 0.15) is 17.1 Å². The number of nitrogens with zero attached hydrogens (tertiary/aromatic N) is 5. The van der Waals surface area contributed by atoms with Crippen molar-refractivity contribution in [2.75, 3.05) is 18.3 Å². The van der Waals surface area contributed by atoms with Crippen molar-refractivity contribution in [1.82, 2.24) is 19.5 Å². The highest BCUT2D eigenvalue weighted by molar-refractivity contribution is 7.89. The third kappa shape index (κ3) is 6.80. The standard InChI is InChI=1S/C27H32N6O5S/c1-26(2,3)21-12-11-20(18-22(21)38-4)24(34)33(23-10-6-7-15-29-23)27(13-8-14-28,19-32-17-9-16-30-32)25(35)31-39(5,36)37/h6-7,9-12,15-18H,8,13,19H2,1-5H3,(H,31,35). The molecule has 1 atom stereocenters.